The largest absolute Gasteiger partial charge is 0.302 e. The summed E-state index contributed by atoms with van der Waals surface area (Å²) in [5.74, 6) is 0.427. The van der Waals surface area contributed by atoms with Crippen LogP contribution in [-0.4, -0.2) is 60.4 Å². The molecule has 2 heterocycles. The van der Waals surface area contributed by atoms with Gasteiger partial charge >= 0.3 is 0 Å². The molecule has 0 amide bonds. The highest BCUT2D eigenvalue weighted by Crippen LogP contribution is 2.32. The Balaban J connectivity index is 1.76. The highest BCUT2D eigenvalue weighted by Gasteiger charge is 2.33. The number of Topliss-reactive ketones (excluding diaryl/α,β-unsaturated/α-hetero) is 1. The topological polar surface area (TPSA) is 128 Å². The normalized spacial score (nSPS) is 19.1. The maximum Gasteiger partial charge on any atom is 0.229 e. The summed E-state index contributed by atoms with van der Waals surface area (Å²) in [6.45, 7) is 5.91. The first-order valence-corrected chi connectivity index (χ1v) is 14.1. The molecule has 9 nitrogen and oxygen atoms in total. The Labute approximate surface area is 186 Å². The number of nitrogens with one attached hydrogen (secondary N) is 1. The van der Waals surface area contributed by atoms with Gasteiger partial charge in [-0.2, -0.15) is 0 Å². The highest BCUT2D eigenvalue weighted by molar-refractivity contribution is 8.00. The van der Waals surface area contributed by atoms with E-state index in [0.717, 1.165) is 6.26 Å². The molecule has 1 aliphatic rings. The minimum absolute atomic E-state index is 0.0509. The molecule has 31 heavy (non-hydrogen) atoms. The predicted molar refractivity (Wildman–Crippen MR) is 121 cm³/mol. The zero-order valence-electron chi connectivity index (χ0n) is 17.2. The van der Waals surface area contributed by atoms with Gasteiger partial charge in [-0.3, -0.25) is 9.52 Å². The van der Waals surface area contributed by atoms with E-state index in [1.165, 1.54) is 23.9 Å². The summed E-state index contributed by atoms with van der Waals surface area (Å²) >= 11 is 1.24. The number of thioether (sulfide) groups is 1. The number of hydrogen-bond donors (Lipinski definition) is 1. The number of rotatable bonds is 9. The Kier molecular flexibility index (Phi) is 6.92. The Hall–Kier alpha value is -2.18. The van der Waals surface area contributed by atoms with Crippen LogP contribution in [0.15, 0.2) is 42.1 Å². The van der Waals surface area contributed by atoms with Crippen molar-refractivity contribution in [3.63, 3.8) is 0 Å². The number of sulfone groups is 1. The molecule has 0 bridgehead atoms. The smallest absolute Gasteiger partial charge is 0.229 e. The van der Waals surface area contributed by atoms with Crippen LogP contribution in [0.4, 0.5) is 5.69 Å². The third kappa shape index (κ3) is 5.95. The number of benzene rings is 1. The number of carbonyl (C=O) groups excluding carboxylic acids is 1. The van der Waals surface area contributed by atoms with Crippen molar-refractivity contribution < 1.29 is 21.6 Å². The van der Waals surface area contributed by atoms with E-state index in [4.69, 9.17) is 0 Å². The monoisotopic (exact) mass is 484 g/mol. The Morgan fingerprint density at radius 3 is 2.58 bits per heavy atom. The second kappa shape index (κ2) is 9.13. The van der Waals surface area contributed by atoms with E-state index in [9.17, 15) is 21.6 Å². The molecule has 1 aromatic carbocycles. The van der Waals surface area contributed by atoms with E-state index in [1.807, 2.05) is 4.57 Å². The Morgan fingerprint density at radius 2 is 2.03 bits per heavy atom. The van der Waals surface area contributed by atoms with Crippen molar-refractivity contribution in [3.05, 3.63) is 48.3 Å². The zero-order valence-corrected chi connectivity index (χ0v) is 19.6. The van der Waals surface area contributed by atoms with Crippen LogP contribution >= 0.6 is 11.8 Å². The molecule has 3 rings (SSSR count). The standard InChI is InChI=1S/C19H24N4O5S3/c1-4-10-23-18(15-9-11-31(27,28)12-15)20-21-19(23)29-13(2)17(24)14-5-7-16(8-6-14)22-30(3,25)26/h4-8,13,15,22H,1,9-12H2,2-3H3. The maximum absolute atomic E-state index is 12.8. The molecule has 2 unspecified atom stereocenters. The van der Waals surface area contributed by atoms with Gasteiger partial charge in [-0.05, 0) is 37.6 Å². The first kappa shape index (κ1) is 23.5. The quantitative estimate of drug-likeness (QED) is 0.326. The van der Waals surface area contributed by atoms with Gasteiger partial charge in [-0.15, -0.1) is 16.8 Å². The molecule has 2 aromatic rings. The SMILES string of the molecule is C=CCn1c(SC(C)C(=O)c2ccc(NS(C)(=O)=O)cc2)nnc1C1CCS(=O)(=O)C1. The molecule has 0 spiro atoms. The second-order valence-corrected chi connectivity index (χ2v) is 12.7. The molecular formula is C19H24N4O5S3. The lowest BCUT2D eigenvalue weighted by atomic mass is 10.1. The first-order chi connectivity index (χ1) is 14.5. The number of sulfonamides is 1. The molecule has 1 aromatic heterocycles. The van der Waals surface area contributed by atoms with Crippen molar-refractivity contribution in [1.29, 1.82) is 0 Å². The van der Waals surface area contributed by atoms with E-state index in [2.05, 4.69) is 21.5 Å². The zero-order chi connectivity index (χ0) is 22.8. The van der Waals surface area contributed by atoms with E-state index >= 15 is 0 Å². The third-order valence-corrected chi connectivity index (χ3v) is 8.23. The molecule has 168 valence electrons. The second-order valence-electron chi connectivity index (χ2n) is 7.42. The predicted octanol–water partition coefficient (Wildman–Crippen LogP) is 2.10. The number of ketones is 1. The fraction of sp³-hybridized carbons (Fsp3) is 0.421. The van der Waals surface area contributed by atoms with Crippen LogP contribution in [0.1, 0.15) is 35.4 Å². The molecule has 1 N–H and O–H groups in total. The van der Waals surface area contributed by atoms with Crippen LogP contribution in [0.3, 0.4) is 0 Å². The first-order valence-electron chi connectivity index (χ1n) is 9.52. The fourth-order valence-corrected chi connectivity index (χ4v) is 6.60. The molecular weight excluding hydrogens is 460 g/mol. The molecule has 1 saturated heterocycles. The molecule has 1 fully saturated rings. The third-order valence-electron chi connectivity index (χ3n) is 4.78. The lowest BCUT2D eigenvalue weighted by Crippen LogP contribution is -2.16. The molecule has 1 aliphatic heterocycles. The van der Waals surface area contributed by atoms with Gasteiger partial charge in [0.25, 0.3) is 0 Å². The lowest BCUT2D eigenvalue weighted by molar-refractivity contribution is 0.0994. The van der Waals surface area contributed by atoms with Crippen LogP contribution in [0.5, 0.6) is 0 Å². The number of aromatic nitrogens is 3. The summed E-state index contributed by atoms with van der Waals surface area (Å²) < 4.78 is 50.5. The molecule has 0 saturated carbocycles. The molecule has 2 atom stereocenters. The van der Waals surface area contributed by atoms with Gasteiger partial charge < -0.3 is 4.57 Å². The van der Waals surface area contributed by atoms with Gasteiger partial charge in [0.15, 0.2) is 20.8 Å². The maximum atomic E-state index is 12.8. The highest BCUT2D eigenvalue weighted by atomic mass is 32.2. The lowest BCUT2D eigenvalue weighted by Gasteiger charge is -2.14. The van der Waals surface area contributed by atoms with Gasteiger partial charge in [0, 0.05) is 23.7 Å². The van der Waals surface area contributed by atoms with Crippen molar-refractivity contribution in [2.75, 3.05) is 22.5 Å². The minimum Gasteiger partial charge on any atom is -0.302 e. The summed E-state index contributed by atoms with van der Waals surface area (Å²) in [5.41, 5.74) is 0.817. The van der Waals surface area contributed by atoms with Gasteiger partial charge in [0.1, 0.15) is 5.82 Å². The van der Waals surface area contributed by atoms with Crippen LogP contribution in [0.25, 0.3) is 0 Å². The van der Waals surface area contributed by atoms with Gasteiger partial charge in [-0.1, -0.05) is 17.8 Å². The Bertz CT molecular complexity index is 1190. The summed E-state index contributed by atoms with van der Waals surface area (Å²) in [4.78, 5) is 12.8. The van der Waals surface area contributed by atoms with Crippen molar-refractivity contribution in [3.8, 4) is 0 Å². The van der Waals surface area contributed by atoms with Crippen molar-refractivity contribution in [2.24, 2.45) is 0 Å². The van der Waals surface area contributed by atoms with E-state index < -0.39 is 25.1 Å². The average Bonchev–Trinajstić information content (AvgIpc) is 3.23. The number of carbonyl (C=O) groups is 1. The van der Waals surface area contributed by atoms with E-state index in [-0.39, 0.29) is 23.2 Å². The number of allylic oxidation sites excluding steroid dienone is 1. The fourth-order valence-electron chi connectivity index (χ4n) is 3.35. The summed E-state index contributed by atoms with van der Waals surface area (Å²) in [6.07, 6.45) is 3.24. The van der Waals surface area contributed by atoms with E-state index in [0.29, 0.717) is 35.2 Å². The van der Waals surface area contributed by atoms with Crippen molar-refractivity contribution in [2.45, 2.75) is 36.2 Å². The van der Waals surface area contributed by atoms with Gasteiger partial charge in [-0.25, -0.2) is 16.8 Å². The van der Waals surface area contributed by atoms with Crippen LogP contribution in [-0.2, 0) is 26.4 Å². The number of anilines is 1. The van der Waals surface area contributed by atoms with Crippen molar-refractivity contribution >= 4 is 43.1 Å². The Morgan fingerprint density at radius 1 is 1.35 bits per heavy atom. The molecule has 12 heteroatoms. The van der Waals surface area contributed by atoms with Crippen LogP contribution in [0.2, 0.25) is 0 Å². The number of nitrogens with zero attached hydrogens (tertiary/aromatic N) is 3. The summed E-state index contributed by atoms with van der Waals surface area (Å²) in [5, 5.41) is 8.46. The molecule has 0 aliphatic carbocycles. The minimum atomic E-state index is -3.39. The van der Waals surface area contributed by atoms with E-state index in [1.54, 1.807) is 25.1 Å². The van der Waals surface area contributed by atoms with Crippen molar-refractivity contribution in [1.82, 2.24) is 14.8 Å². The van der Waals surface area contributed by atoms with Crippen LogP contribution in [0, 0.1) is 0 Å². The van der Waals surface area contributed by atoms with Gasteiger partial charge in [0.2, 0.25) is 10.0 Å². The average molecular weight is 485 g/mol. The van der Waals surface area contributed by atoms with Gasteiger partial charge in [0.05, 0.1) is 23.0 Å². The van der Waals surface area contributed by atoms with Crippen LogP contribution < -0.4 is 4.72 Å². The number of hydrogen-bond acceptors (Lipinski definition) is 8. The summed E-state index contributed by atoms with van der Waals surface area (Å²) in [6, 6.07) is 6.20. The summed E-state index contributed by atoms with van der Waals surface area (Å²) in [7, 11) is -6.46. The molecule has 0 radical (unpaired) electrons.